The van der Waals surface area contributed by atoms with E-state index in [-0.39, 0.29) is 5.25 Å². The van der Waals surface area contributed by atoms with Crippen LogP contribution in [0.2, 0.25) is 0 Å². The van der Waals surface area contributed by atoms with Crippen LogP contribution in [0.15, 0.2) is 34.1 Å². The molecule has 1 saturated carbocycles. The molecule has 222 valence electrons. The molecule has 2 N–H and O–H groups in total. The average Bonchev–Trinajstić information content (AvgIpc) is 2.99. The molecule has 0 spiro atoms. The number of hydrogen-bond donors (Lipinski definition) is 2. The quantitative estimate of drug-likeness (QED) is 0.216. The van der Waals surface area contributed by atoms with Crippen molar-refractivity contribution in [1.29, 1.82) is 0 Å². The van der Waals surface area contributed by atoms with E-state index >= 15 is 0 Å². The van der Waals surface area contributed by atoms with Gasteiger partial charge in [-0.15, -0.1) is 0 Å². The van der Waals surface area contributed by atoms with Crippen LogP contribution in [0.3, 0.4) is 0 Å². The third-order valence-corrected chi connectivity index (χ3v) is 10.5. The van der Waals surface area contributed by atoms with Crippen molar-refractivity contribution in [1.82, 2.24) is 14.2 Å². The summed E-state index contributed by atoms with van der Waals surface area (Å²) >= 11 is 0. The number of anilines is 3. The molecule has 0 amide bonds. The van der Waals surface area contributed by atoms with E-state index in [9.17, 15) is 18.0 Å². The topological polar surface area (TPSA) is 121 Å². The van der Waals surface area contributed by atoms with Crippen LogP contribution in [0, 0.1) is 0 Å². The summed E-state index contributed by atoms with van der Waals surface area (Å²) in [6.45, 7) is 6.08. The van der Waals surface area contributed by atoms with E-state index in [0.29, 0.717) is 36.7 Å². The van der Waals surface area contributed by atoms with Gasteiger partial charge in [0.1, 0.15) is 11.4 Å². The first-order valence-corrected chi connectivity index (χ1v) is 16.5. The Morgan fingerprint density at radius 2 is 1.52 bits per heavy atom. The predicted molar refractivity (Wildman–Crippen MR) is 160 cm³/mol. The molecule has 2 fully saturated rings. The summed E-state index contributed by atoms with van der Waals surface area (Å²) in [6.07, 6.45) is 13.5. The summed E-state index contributed by atoms with van der Waals surface area (Å²) in [5, 5.41) is 5.90. The number of unbranched alkanes of at least 4 members (excludes halogenated alkanes) is 4. The molecule has 1 aromatic carbocycles. The van der Waals surface area contributed by atoms with Crippen molar-refractivity contribution in [3.8, 4) is 0 Å². The van der Waals surface area contributed by atoms with Crippen LogP contribution >= 0.6 is 0 Å². The summed E-state index contributed by atoms with van der Waals surface area (Å²) in [5.41, 5.74) is 0.388. The lowest BCUT2D eigenvalue weighted by Crippen LogP contribution is -2.42. The number of nitrogens with one attached hydrogen (secondary N) is 2. The zero-order chi connectivity index (χ0) is 28.2. The molecular weight excluding hydrogens is 530 g/mol. The molecule has 1 aliphatic carbocycles. The minimum atomic E-state index is -3.27. The van der Waals surface area contributed by atoms with Crippen LogP contribution in [0.1, 0.15) is 70.6 Å². The van der Waals surface area contributed by atoms with Crippen LogP contribution in [0.4, 0.5) is 17.1 Å². The normalized spacial score (nSPS) is 17.4. The zero-order valence-corrected chi connectivity index (χ0v) is 24.4. The first-order chi connectivity index (χ1) is 19.5. The van der Waals surface area contributed by atoms with Gasteiger partial charge in [-0.1, -0.05) is 38.5 Å². The lowest BCUT2D eigenvalue weighted by Gasteiger charge is -2.31. The first kappa shape index (κ1) is 30.6. The van der Waals surface area contributed by atoms with E-state index in [1.165, 1.54) is 0 Å². The lowest BCUT2D eigenvalue weighted by atomic mass is 10.0. The van der Waals surface area contributed by atoms with E-state index < -0.39 is 20.9 Å². The number of sulfonamides is 1. The number of aromatic nitrogens is 1. The minimum absolute atomic E-state index is 0.218. The molecule has 0 unspecified atom stereocenters. The van der Waals surface area contributed by atoms with Gasteiger partial charge >= 0.3 is 0 Å². The maximum absolute atomic E-state index is 13.5. The van der Waals surface area contributed by atoms with Gasteiger partial charge in [0, 0.05) is 50.8 Å². The van der Waals surface area contributed by atoms with Gasteiger partial charge in [-0.2, -0.15) is 0 Å². The van der Waals surface area contributed by atoms with E-state index in [0.717, 1.165) is 103 Å². The van der Waals surface area contributed by atoms with Crippen LogP contribution in [0.25, 0.3) is 0 Å². The van der Waals surface area contributed by atoms with Crippen LogP contribution in [0.5, 0.6) is 0 Å². The SMILES string of the molecule is O=c1c(NCCCCCCCN(CCCN2CCOCC2)S(=O)(=O)C2CCCCC2)c(Nc2ccncc2)c1=O. The molecule has 10 nitrogen and oxygen atoms in total. The van der Waals surface area contributed by atoms with E-state index in [2.05, 4.69) is 20.5 Å². The molecule has 1 saturated heterocycles. The number of hydrogen-bond acceptors (Lipinski definition) is 9. The molecule has 2 aliphatic rings. The molecule has 1 aliphatic heterocycles. The number of pyridine rings is 1. The summed E-state index contributed by atoms with van der Waals surface area (Å²) < 4.78 is 34.2. The summed E-state index contributed by atoms with van der Waals surface area (Å²) in [5.74, 6) is 0. The van der Waals surface area contributed by atoms with E-state index in [1.54, 1.807) is 28.8 Å². The van der Waals surface area contributed by atoms with Crippen molar-refractivity contribution in [3.63, 3.8) is 0 Å². The highest BCUT2D eigenvalue weighted by Gasteiger charge is 2.32. The zero-order valence-electron chi connectivity index (χ0n) is 23.6. The van der Waals surface area contributed by atoms with E-state index in [1.807, 2.05) is 0 Å². The summed E-state index contributed by atoms with van der Waals surface area (Å²) in [4.78, 5) is 30.3. The standard InChI is InChI=1S/C29H45N5O5S/c35-28-26(27(29(28)36)32-24-12-15-30-16-13-24)31-14-7-2-1-3-8-18-34(19-9-17-33-20-22-39-23-21-33)40(37,38)25-10-5-4-6-11-25/h12-13,15-16,25,31H,1-11,14,17-23H2,(H,30,32). The minimum Gasteiger partial charge on any atom is -0.380 e. The van der Waals surface area contributed by atoms with E-state index in [4.69, 9.17) is 4.74 Å². The number of morpholine rings is 1. The van der Waals surface area contributed by atoms with Gasteiger partial charge in [0.25, 0.3) is 10.9 Å². The second-order valence-corrected chi connectivity index (χ2v) is 13.2. The Hall–Kier alpha value is -2.34. The molecule has 2 heterocycles. The van der Waals surface area contributed by atoms with Crippen LogP contribution in [-0.2, 0) is 14.8 Å². The predicted octanol–water partition coefficient (Wildman–Crippen LogP) is 3.47. The van der Waals surface area contributed by atoms with Gasteiger partial charge < -0.3 is 15.4 Å². The number of rotatable bonds is 17. The highest BCUT2D eigenvalue weighted by Crippen LogP contribution is 2.27. The van der Waals surface area contributed by atoms with Crippen LogP contribution in [-0.4, -0.2) is 80.3 Å². The molecule has 1 aromatic heterocycles. The Morgan fingerprint density at radius 3 is 2.27 bits per heavy atom. The maximum atomic E-state index is 13.5. The molecular formula is C29H45N5O5S. The summed E-state index contributed by atoms with van der Waals surface area (Å²) in [7, 11) is -3.27. The number of nitrogens with zero attached hydrogens (tertiary/aromatic N) is 3. The molecule has 2 aromatic rings. The molecule has 11 heteroatoms. The maximum Gasteiger partial charge on any atom is 0.253 e. The van der Waals surface area contributed by atoms with Crippen molar-refractivity contribution in [2.75, 3.05) is 63.1 Å². The first-order valence-electron chi connectivity index (χ1n) is 15.0. The molecule has 4 rings (SSSR count). The van der Waals surface area contributed by atoms with Crippen molar-refractivity contribution in [2.45, 2.75) is 75.9 Å². The van der Waals surface area contributed by atoms with Crippen molar-refractivity contribution in [2.24, 2.45) is 0 Å². The number of ether oxygens (including phenoxy) is 1. The largest absolute Gasteiger partial charge is 0.380 e. The second-order valence-electron chi connectivity index (χ2n) is 11.0. The fraction of sp³-hybridized carbons (Fsp3) is 0.690. The van der Waals surface area contributed by atoms with Crippen molar-refractivity contribution >= 4 is 27.1 Å². The Balaban J connectivity index is 1.16. The molecule has 0 bridgehead atoms. The fourth-order valence-electron chi connectivity index (χ4n) is 5.65. The van der Waals surface area contributed by atoms with Crippen molar-refractivity contribution < 1.29 is 13.2 Å². The van der Waals surface area contributed by atoms with Gasteiger partial charge in [0.05, 0.1) is 18.5 Å². The van der Waals surface area contributed by atoms with Gasteiger partial charge in [0.15, 0.2) is 0 Å². The highest BCUT2D eigenvalue weighted by atomic mass is 32.2. The molecule has 0 radical (unpaired) electrons. The smallest absolute Gasteiger partial charge is 0.253 e. The van der Waals surface area contributed by atoms with Gasteiger partial charge in [-0.05, 0) is 50.8 Å². The summed E-state index contributed by atoms with van der Waals surface area (Å²) in [6, 6.07) is 3.48. The monoisotopic (exact) mass is 575 g/mol. The lowest BCUT2D eigenvalue weighted by molar-refractivity contribution is 0.0369. The Morgan fingerprint density at radius 1 is 0.875 bits per heavy atom. The highest BCUT2D eigenvalue weighted by molar-refractivity contribution is 7.89. The fourth-order valence-corrected chi connectivity index (χ4v) is 7.77. The third kappa shape index (κ3) is 8.58. The van der Waals surface area contributed by atoms with Gasteiger partial charge in [-0.25, -0.2) is 12.7 Å². The van der Waals surface area contributed by atoms with Gasteiger partial charge in [-0.3, -0.25) is 19.5 Å². The average molecular weight is 576 g/mol. The van der Waals surface area contributed by atoms with Gasteiger partial charge in [0.2, 0.25) is 10.0 Å². The van der Waals surface area contributed by atoms with Crippen molar-refractivity contribution in [3.05, 3.63) is 45.0 Å². The Kier molecular flexibility index (Phi) is 11.9. The Labute approximate surface area is 238 Å². The molecule has 40 heavy (non-hydrogen) atoms. The second kappa shape index (κ2) is 15.6. The Bertz CT molecular complexity index is 1200. The molecule has 0 atom stereocenters. The third-order valence-electron chi connectivity index (χ3n) is 8.06. The van der Waals surface area contributed by atoms with Crippen LogP contribution < -0.4 is 21.5 Å².